The topological polar surface area (TPSA) is 38.5 Å². The predicted molar refractivity (Wildman–Crippen MR) is 99.7 cm³/mol. The number of nitrogens with two attached hydrogens (primary N) is 1. The molecule has 24 heavy (non-hydrogen) atoms. The van der Waals surface area contributed by atoms with Crippen LogP contribution in [0.4, 0.5) is 11.4 Å². The van der Waals surface area contributed by atoms with Crippen molar-refractivity contribution >= 4 is 11.4 Å². The first-order valence-electron chi connectivity index (χ1n) is 8.16. The minimum atomic E-state index is 0.525. The van der Waals surface area contributed by atoms with Gasteiger partial charge in [0.1, 0.15) is 12.4 Å². The van der Waals surface area contributed by atoms with Crippen LogP contribution in [0.5, 0.6) is 5.75 Å². The van der Waals surface area contributed by atoms with Gasteiger partial charge in [0.2, 0.25) is 0 Å². The third kappa shape index (κ3) is 4.15. The molecule has 0 heterocycles. The van der Waals surface area contributed by atoms with Crippen molar-refractivity contribution in [2.75, 3.05) is 18.1 Å². The smallest absolute Gasteiger partial charge is 0.119 e. The molecule has 122 valence electrons. The highest BCUT2D eigenvalue weighted by Gasteiger charge is 2.09. The van der Waals surface area contributed by atoms with Gasteiger partial charge in [-0.1, -0.05) is 48.5 Å². The van der Waals surface area contributed by atoms with Gasteiger partial charge in [-0.25, -0.2) is 0 Å². The molecule has 0 spiro atoms. The molecule has 0 aliphatic heterocycles. The Labute approximate surface area is 143 Å². The molecule has 0 amide bonds. The molecule has 0 bridgehead atoms. The highest BCUT2D eigenvalue weighted by molar-refractivity contribution is 5.63. The number of rotatable bonds is 7. The van der Waals surface area contributed by atoms with Crippen molar-refractivity contribution in [3.63, 3.8) is 0 Å². The Morgan fingerprint density at radius 3 is 1.75 bits per heavy atom. The summed E-state index contributed by atoms with van der Waals surface area (Å²) in [6.07, 6.45) is 0. The number of ether oxygens (including phenoxy) is 1. The highest BCUT2D eigenvalue weighted by Crippen LogP contribution is 2.27. The van der Waals surface area contributed by atoms with Gasteiger partial charge in [0, 0.05) is 24.5 Å². The molecule has 3 aromatic carbocycles. The van der Waals surface area contributed by atoms with Crippen molar-refractivity contribution in [2.24, 2.45) is 5.73 Å². The van der Waals surface area contributed by atoms with E-state index < -0.39 is 0 Å². The third-order valence-electron chi connectivity index (χ3n) is 3.79. The van der Waals surface area contributed by atoms with Crippen LogP contribution in [-0.2, 0) is 6.54 Å². The van der Waals surface area contributed by atoms with Gasteiger partial charge in [0.25, 0.3) is 0 Å². The molecule has 0 atom stereocenters. The molecule has 2 N–H and O–H groups in total. The first-order chi connectivity index (χ1) is 11.9. The fourth-order valence-electron chi connectivity index (χ4n) is 2.60. The van der Waals surface area contributed by atoms with E-state index in [2.05, 4.69) is 65.6 Å². The second kappa shape index (κ2) is 8.18. The summed E-state index contributed by atoms with van der Waals surface area (Å²) in [5.41, 5.74) is 9.04. The fraction of sp³-hybridized carbons (Fsp3) is 0.143. The maximum absolute atomic E-state index is 5.55. The summed E-state index contributed by atoms with van der Waals surface area (Å²) in [4.78, 5) is 2.30. The van der Waals surface area contributed by atoms with Crippen LogP contribution in [0.1, 0.15) is 5.56 Å². The maximum atomic E-state index is 5.55. The van der Waals surface area contributed by atoms with E-state index in [0.717, 1.165) is 12.3 Å². The Morgan fingerprint density at radius 1 is 0.708 bits per heavy atom. The summed E-state index contributed by atoms with van der Waals surface area (Å²) < 4.78 is 5.55. The molecule has 0 unspecified atom stereocenters. The molecule has 3 heteroatoms. The Bertz CT molecular complexity index is 687. The minimum absolute atomic E-state index is 0.525. The number of hydrogen-bond acceptors (Lipinski definition) is 3. The van der Waals surface area contributed by atoms with Crippen LogP contribution in [0.2, 0.25) is 0 Å². The first kappa shape index (κ1) is 16.1. The van der Waals surface area contributed by atoms with Gasteiger partial charge in [-0.3, -0.25) is 0 Å². The van der Waals surface area contributed by atoms with Crippen molar-refractivity contribution in [3.05, 3.63) is 90.5 Å². The van der Waals surface area contributed by atoms with E-state index in [9.17, 15) is 0 Å². The Kier molecular flexibility index (Phi) is 5.48. The summed E-state index contributed by atoms with van der Waals surface area (Å²) in [5, 5.41) is 0. The lowest BCUT2D eigenvalue weighted by Crippen LogP contribution is -2.16. The SMILES string of the molecule is NCCOc1ccc(CN(c2ccccc2)c2ccccc2)cc1. The van der Waals surface area contributed by atoms with Crippen LogP contribution in [-0.4, -0.2) is 13.2 Å². The van der Waals surface area contributed by atoms with E-state index in [4.69, 9.17) is 10.5 Å². The molecule has 3 rings (SSSR count). The van der Waals surface area contributed by atoms with E-state index in [1.165, 1.54) is 16.9 Å². The predicted octanol–water partition coefficient (Wildman–Crippen LogP) is 4.36. The van der Waals surface area contributed by atoms with Gasteiger partial charge in [-0.2, -0.15) is 0 Å². The zero-order valence-electron chi connectivity index (χ0n) is 13.6. The largest absolute Gasteiger partial charge is 0.492 e. The molecule has 0 aliphatic carbocycles. The van der Waals surface area contributed by atoms with Gasteiger partial charge in [-0.15, -0.1) is 0 Å². The average molecular weight is 318 g/mol. The molecule has 3 aromatic rings. The maximum Gasteiger partial charge on any atom is 0.119 e. The standard InChI is InChI=1S/C21H22N2O/c22-15-16-24-21-13-11-18(12-14-21)17-23(19-7-3-1-4-8-19)20-9-5-2-6-10-20/h1-14H,15-17,22H2. The number of hydrogen-bond donors (Lipinski definition) is 1. The monoisotopic (exact) mass is 318 g/mol. The van der Waals surface area contributed by atoms with Gasteiger partial charge in [-0.05, 0) is 42.0 Å². The van der Waals surface area contributed by atoms with Crippen molar-refractivity contribution in [1.82, 2.24) is 0 Å². The molecule has 0 aromatic heterocycles. The van der Waals surface area contributed by atoms with Crippen molar-refractivity contribution in [3.8, 4) is 5.75 Å². The number of nitrogens with zero attached hydrogens (tertiary/aromatic N) is 1. The van der Waals surface area contributed by atoms with E-state index in [0.29, 0.717) is 13.2 Å². The van der Waals surface area contributed by atoms with Crippen LogP contribution in [0.15, 0.2) is 84.9 Å². The van der Waals surface area contributed by atoms with Gasteiger partial charge < -0.3 is 15.4 Å². The van der Waals surface area contributed by atoms with E-state index >= 15 is 0 Å². The molecule has 0 saturated heterocycles. The van der Waals surface area contributed by atoms with Gasteiger partial charge in [0.05, 0.1) is 0 Å². The molecular formula is C21H22N2O. The fourth-order valence-corrected chi connectivity index (χ4v) is 2.60. The summed E-state index contributed by atoms with van der Waals surface area (Å²) in [6.45, 7) is 1.86. The highest BCUT2D eigenvalue weighted by atomic mass is 16.5. The minimum Gasteiger partial charge on any atom is -0.492 e. The van der Waals surface area contributed by atoms with Crippen LogP contribution in [0, 0.1) is 0 Å². The number of para-hydroxylation sites is 2. The van der Waals surface area contributed by atoms with Crippen LogP contribution in [0.25, 0.3) is 0 Å². The summed E-state index contributed by atoms with van der Waals surface area (Å²) >= 11 is 0. The lowest BCUT2D eigenvalue weighted by molar-refractivity contribution is 0.328. The van der Waals surface area contributed by atoms with E-state index in [1.54, 1.807) is 0 Å². The number of anilines is 2. The molecule has 0 aliphatic rings. The second-order valence-corrected chi connectivity index (χ2v) is 5.54. The van der Waals surface area contributed by atoms with Crippen molar-refractivity contribution < 1.29 is 4.74 Å². The Balaban J connectivity index is 1.82. The second-order valence-electron chi connectivity index (χ2n) is 5.54. The Hall–Kier alpha value is -2.78. The van der Waals surface area contributed by atoms with Crippen LogP contribution in [0.3, 0.4) is 0 Å². The van der Waals surface area contributed by atoms with Gasteiger partial charge >= 0.3 is 0 Å². The summed E-state index contributed by atoms with van der Waals surface area (Å²) in [5.74, 6) is 0.857. The summed E-state index contributed by atoms with van der Waals surface area (Å²) in [6, 6.07) is 29.1. The third-order valence-corrected chi connectivity index (χ3v) is 3.79. The Morgan fingerprint density at radius 2 is 1.25 bits per heavy atom. The summed E-state index contributed by atoms with van der Waals surface area (Å²) in [7, 11) is 0. The van der Waals surface area contributed by atoms with Gasteiger partial charge in [0.15, 0.2) is 0 Å². The normalized spacial score (nSPS) is 10.4. The van der Waals surface area contributed by atoms with E-state index in [-0.39, 0.29) is 0 Å². The zero-order valence-corrected chi connectivity index (χ0v) is 13.6. The molecule has 3 nitrogen and oxygen atoms in total. The zero-order chi connectivity index (χ0) is 16.6. The quantitative estimate of drug-likeness (QED) is 0.703. The molecular weight excluding hydrogens is 296 g/mol. The lowest BCUT2D eigenvalue weighted by Gasteiger charge is -2.25. The van der Waals surface area contributed by atoms with Crippen LogP contribution >= 0.6 is 0 Å². The first-order valence-corrected chi connectivity index (χ1v) is 8.16. The average Bonchev–Trinajstić information content (AvgIpc) is 2.67. The van der Waals surface area contributed by atoms with E-state index in [1.807, 2.05) is 24.3 Å². The molecule has 0 saturated carbocycles. The molecule has 0 radical (unpaired) electrons. The van der Waals surface area contributed by atoms with Crippen LogP contribution < -0.4 is 15.4 Å². The lowest BCUT2D eigenvalue weighted by atomic mass is 10.1. The van der Waals surface area contributed by atoms with Crippen molar-refractivity contribution in [2.45, 2.75) is 6.54 Å². The molecule has 0 fully saturated rings. The number of benzene rings is 3. The van der Waals surface area contributed by atoms with Crippen molar-refractivity contribution in [1.29, 1.82) is 0 Å².